The first-order chi connectivity index (χ1) is 5.99. The summed E-state index contributed by atoms with van der Waals surface area (Å²) in [5, 5.41) is 0. The molecule has 0 aromatic carbocycles. The molecule has 0 saturated heterocycles. The fraction of sp³-hybridized carbons (Fsp3) is 1.00. The van der Waals surface area contributed by atoms with Crippen molar-refractivity contribution in [2.24, 2.45) is 16.7 Å². The summed E-state index contributed by atoms with van der Waals surface area (Å²) in [4.78, 5) is 0. The Balaban J connectivity index is 1.78. The molecule has 0 unspecified atom stereocenters. The third kappa shape index (κ3) is 2.08. The Kier molecular flexibility index (Phi) is 2.20. The van der Waals surface area contributed by atoms with Gasteiger partial charge >= 0.3 is 0 Å². The Bertz CT molecular complexity index is 171. The van der Waals surface area contributed by atoms with E-state index in [-0.39, 0.29) is 0 Å². The maximum atomic E-state index is 2.38. The maximum absolute atomic E-state index is 2.38. The Morgan fingerprint density at radius 1 is 1.08 bits per heavy atom. The highest BCUT2D eigenvalue weighted by Crippen LogP contribution is 2.58. The van der Waals surface area contributed by atoms with Crippen LogP contribution in [0.15, 0.2) is 0 Å². The second-order valence-corrected chi connectivity index (χ2v) is 6.75. The van der Waals surface area contributed by atoms with Gasteiger partial charge in [0.25, 0.3) is 0 Å². The van der Waals surface area contributed by atoms with Crippen molar-refractivity contribution in [2.45, 2.75) is 65.7 Å². The molecule has 0 aromatic rings. The Morgan fingerprint density at radius 2 is 1.62 bits per heavy atom. The van der Waals surface area contributed by atoms with E-state index in [1.165, 1.54) is 19.3 Å². The molecule has 0 aromatic heterocycles. The van der Waals surface area contributed by atoms with Gasteiger partial charge in [0.15, 0.2) is 0 Å². The summed E-state index contributed by atoms with van der Waals surface area (Å²) in [5.41, 5.74) is 1.42. The molecular weight excluding hydrogens is 156 g/mol. The zero-order chi connectivity index (χ0) is 9.53. The molecule has 0 atom stereocenters. The molecule has 0 N–H and O–H groups in total. The number of hydrogen-bond donors (Lipinski definition) is 0. The lowest BCUT2D eigenvalue weighted by atomic mass is 9.58. The summed E-state index contributed by atoms with van der Waals surface area (Å²) in [6.45, 7) is 7.14. The van der Waals surface area contributed by atoms with E-state index in [0.717, 1.165) is 11.3 Å². The average Bonchev–Trinajstić information content (AvgIpc) is 2.30. The Labute approximate surface area is 83.1 Å². The first-order valence-electron chi connectivity index (χ1n) is 5.99. The molecule has 1 spiro atoms. The van der Waals surface area contributed by atoms with Gasteiger partial charge in [-0.25, -0.2) is 0 Å². The van der Waals surface area contributed by atoms with E-state index in [2.05, 4.69) is 20.8 Å². The zero-order valence-corrected chi connectivity index (χ0v) is 9.53. The topological polar surface area (TPSA) is 0 Å². The van der Waals surface area contributed by atoms with E-state index in [9.17, 15) is 0 Å². The van der Waals surface area contributed by atoms with Gasteiger partial charge in [-0.3, -0.25) is 0 Å². The minimum absolute atomic E-state index is 0.560. The van der Waals surface area contributed by atoms with Crippen molar-refractivity contribution >= 4 is 0 Å². The summed E-state index contributed by atoms with van der Waals surface area (Å²) in [6, 6.07) is 0. The molecule has 2 aliphatic rings. The van der Waals surface area contributed by atoms with Crippen LogP contribution < -0.4 is 0 Å². The molecule has 0 amide bonds. The predicted molar refractivity (Wildman–Crippen MR) is 57.7 cm³/mol. The van der Waals surface area contributed by atoms with Crippen molar-refractivity contribution in [3.63, 3.8) is 0 Å². The molecular formula is C13H24. The van der Waals surface area contributed by atoms with Crippen LogP contribution in [-0.2, 0) is 0 Å². The summed E-state index contributed by atoms with van der Waals surface area (Å²) in [6.07, 6.45) is 10.7. The Morgan fingerprint density at radius 3 is 2.08 bits per heavy atom. The fourth-order valence-corrected chi connectivity index (χ4v) is 3.71. The van der Waals surface area contributed by atoms with E-state index in [1.807, 2.05) is 0 Å². The van der Waals surface area contributed by atoms with Crippen LogP contribution in [0.4, 0.5) is 0 Å². The minimum Gasteiger partial charge on any atom is -0.0602 e. The van der Waals surface area contributed by atoms with Crippen molar-refractivity contribution in [3.05, 3.63) is 0 Å². The van der Waals surface area contributed by atoms with Gasteiger partial charge in [-0.15, -0.1) is 0 Å². The second kappa shape index (κ2) is 3.00. The van der Waals surface area contributed by atoms with E-state index in [0.29, 0.717) is 5.41 Å². The van der Waals surface area contributed by atoms with Crippen LogP contribution in [0.5, 0.6) is 0 Å². The van der Waals surface area contributed by atoms with Crippen LogP contribution in [0.2, 0.25) is 0 Å². The highest BCUT2D eigenvalue weighted by molar-refractivity contribution is 4.97. The lowest BCUT2D eigenvalue weighted by Gasteiger charge is -2.47. The molecule has 13 heavy (non-hydrogen) atoms. The smallest absolute Gasteiger partial charge is 0.0292 e. The summed E-state index contributed by atoms with van der Waals surface area (Å²) in [5.74, 6) is 1.07. The lowest BCUT2D eigenvalue weighted by Crippen LogP contribution is -2.36. The normalized spacial score (nSPS) is 27.9. The van der Waals surface area contributed by atoms with Gasteiger partial charge in [-0.1, -0.05) is 33.6 Å². The molecule has 2 fully saturated rings. The van der Waals surface area contributed by atoms with Crippen LogP contribution >= 0.6 is 0 Å². The quantitative estimate of drug-likeness (QED) is 0.561. The second-order valence-electron chi connectivity index (χ2n) is 6.75. The van der Waals surface area contributed by atoms with Gasteiger partial charge in [0.05, 0.1) is 0 Å². The number of hydrogen-bond acceptors (Lipinski definition) is 0. The highest BCUT2D eigenvalue weighted by atomic mass is 14.5. The van der Waals surface area contributed by atoms with Crippen LogP contribution in [-0.4, -0.2) is 0 Å². The summed E-state index contributed by atoms with van der Waals surface area (Å²) in [7, 11) is 0. The molecule has 0 radical (unpaired) electrons. The largest absolute Gasteiger partial charge is 0.0602 e. The van der Waals surface area contributed by atoms with E-state index in [1.54, 1.807) is 25.7 Å². The third-order valence-corrected chi connectivity index (χ3v) is 4.01. The highest BCUT2D eigenvalue weighted by Gasteiger charge is 2.46. The lowest BCUT2D eigenvalue weighted by molar-refractivity contribution is 0.0350. The molecule has 0 bridgehead atoms. The van der Waals surface area contributed by atoms with Gasteiger partial charge in [0.1, 0.15) is 0 Å². The van der Waals surface area contributed by atoms with E-state index >= 15 is 0 Å². The predicted octanol–water partition coefficient (Wildman–Crippen LogP) is 4.39. The first-order valence-corrected chi connectivity index (χ1v) is 5.99. The zero-order valence-electron chi connectivity index (χ0n) is 9.53. The molecule has 76 valence electrons. The molecule has 0 heteroatoms. The van der Waals surface area contributed by atoms with Gasteiger partial charge in [-0.2, -0.15) is 0 Å². The third-order valence-electron chi connectivity index (χ3n) is 4.01. The van der Waals surface area contributed by atoms with Gasteiger partial charge < -0.3 is 0 Å². The van der Waals surface area contributed by atoms with E-state index in [4.69, 9.17) is 0 Å². The first kappa shape index (κ1) is 9.55. The average molecular weight is 180 g/mol. The van der Waals surface area contributed by atoms with Crippen molar-refractivity contribution in [1.82, 2.24) is 0 Å². The minimum atomic E-state index is 0.560. The SMILES string of the molecule is CC(C)(C)CC1CC2(CCCC2)C1. The molecule has 0 aliphatic heterocycles. The number of rotatable bonds is 1. The van der Waals surface area contributed by atoms with Crippen molar-refractivity contribution in [3.8, 4) is 0 Å². The van der Waals surface area contributed by atoms with Crippen LogP contribution in [0.1, 0.15) is 65.7 Å². The van der Waals surface area contributed by atoms with Crippen LogP contribution in [0.3, 0.4) is 0 Å². The fourth-order valence-electron chi connectivity index (χ4n) is 3.71. The molecule has 2 rings (SSSR count). The molecule has 2 saturated carbocycles. The van der Waals surface area contributed by atoms with Gasteiger partial charge in [-0.05, 0) is 48.9 Å². The molecule has 2 aliphatic carbocycles. The van der Waals surface area contributed by atoms with E-state index < -0.39 is 0 Å². The standard InChI is InChI=1S/C13H24/c1-12(2,3)8-11-9-13(10-11)6-4-5-7-13/h11H,4-10H2,1-3H3. The van der Waals surface area contributed by atoms with Crippen molar-refractivity contribution < 1.29 is 0 Å². The van der Waals surface area contributed by atoms with Gasteiger partial charge in [0, 0.05) is 0 Å². The summed E-state index contributed by atoms with van der Waals surface area (Å²) < 4.78 is 0. The Hall–Kier alpha value is 0. The summed E-state index contributed by atoms with van der Waals surface area (Å²) >= 11 is 0. The monoisotopic (exact) mass is 180 g/mol. The van der Waals surface area contributed by atoms with Crippen molar-refractivity contribution in [1.29, 1.82) is 0 Å². The molecule has 0 nitrogen and oxygen atoms in total. The maximum Gasteiger partial charge on any atom is -0.0292 e. The van der Waals surface area contributed by atoms with Crippen LogP contribution in [0, 0.1) is 16.7 Å². The van der Waals surface area contributed by atoms with Gasteiger partial charge in [0.2, 0.25) is 0 Å². The molecule has 0 heterocycles. The van der Waals surface area contributed by atoms with Crippen molar-refractivity contribution in [2.75, 3.05) is 0 Å². The van der Waals surface area contributed by atoms with Crippen LogP contribution in [0.25, 0.3) is 0 Å².